The normalized spacial score (nSPS) is 15.2. The molecule has 7 nitrogen and oxygen atoms in total. The van der Waals surface area contributed by atoms with E-state index in [0.717, 1.165) is 42.3 Å². The second-order valence-electron chi connectivity index (χ2n) is 7.02. The Balaban J connectivity index is 1.38. The summed E-state index contributed by atoms with van der Waals surface area (Å²) in [5.41, 5.74) is 3.49. The van der Waals surface area contributed by atoms with Crippen LogP contribution in [0.1, 0.15) is 27.4 Å². The summed E-state index contributed by atoms with van der Waals surface area (Å²) in [6.45, 7) is 7.71. The van der Waals surface area contributed by atoms with Crippen molar-refractivity contribution in [2.45, 2.75) is 20.4 Å². The zero-order valence-corrected chi connectivity index (χ0v) is 16.7. The summed E-state index contributed by atoms with van der Waals surface area (Å²) in [6.07, 6.45) is 3.36. The molecule has 0 bridgehead atoms. The Morgan fingerprint density at radius 2 is 2.00 bits per heavy atom. The van der Waals surface area contributed by atoms with Crippen molar-refractivity contribution in [2.24, 2.45) is 0 Å². The Morgan fingerprint density at radius 1 is 1.21 bits per heavy atom. The highest BCUT2D eigenvalue weighted by Crippen LogP contribution is 2.18. The maximum absolute atomic E-state index is 12.8. The summed E-state index contributed by atoms with van der Waals surface area (Å²) in [5, 5.41) is 8.96. The largest absolute Gasteiger partial charge is 0.361 e. The first-order valence-electron chi connectivity index (χ1n) is 9.25. The van der Waals surface area contributed by atoms with Gasteiger partial charge < -0.3 is 9.42 Å². The SMILES string of the molecule is Cc1noc(C)c1CN1CCN(C(=O)c2cnn(-c3cccc(Cl)c3)c2)CC1. The van der Waals surface area contributed by atoms with E-state index in [4.69, 9.17) is 16.1 Å². The van der Waals surface area contributed by atoms with E-state index in [1.54, 1.807) is 17.1 Å². The van der Waals surface area contributed by atoms with Crippen LogP contribution >= 0.6 is 11.6 Å². The third-order valence-corrected chi connectivity index (χ3v) is 5.36. The third-order valence-electron chi connectivity index (χ3n) is 5.12. The molecule has 4 rings (SSSR count). The van der Waals surface area contributed by atoms with E-state index in [1.807, 2.05) is 43.0 Å². The van der Waals surface area contributed by atoms with Gasteiger partial charge in [0.05, 0.1) is 23.1 Å². The number of amides is 1. The van der Waals surface area contributed by atoms with E-state index in [-0.39, 0.29) is 5.91 Å². The molecule has 0 saturated carbocycles. The summed E-state index contributed by atoms with van der Waals surface area (Å²) in [6, 6.07) is 7.39. The Kier molecular flexibility index (Phi) is 5.19. The first-order chi connectivity index (χ1) is 13.5. The van der Waals surface area contributed by atoms with E-state index >= 15 is 0 Å². The van der Waals surface area contributed by atoms with Crippen LogP contribution in [-0.4, -0.2) is 56.8 Å². The van der Waals surface area contributed by atoms with Crippen LogP contribution in [0.5, 0.6) is 0 Å². The van der Waals surface area contributed by atoms with Gasteiger partial charge in [-0.25, -0.2) is 4.68 Å². The van der Waals surface area contributed by atoms with Crippen LogP contribution in [0.25, 0.3) is 5.69 Å². The Bertz CT molecular complexity index is 969. The van der Waals surface area contributed by atoms with Gasteiger partial charge in [-0.05, 0) is 32.0 Å². The molecule has 1 aliphatic heterocycles. The fraction of sp³-hybridized carbons (Fsp3) is 0.350. The number of hydrogen-bond acceptors (Lipinski definition) is 5. The molecule has 28 heavy (non-hydrogen) atoms. The molecule has 3 heterocycles. The molecule has 1 aromatic carbocycles. The molecule has 146 valence electrons. The maximum Gasteiger partial charge on any atom is 0.257 e. The van der Waals surface area contributed by atoms with Crippen LogP contribution in [0.4, 0.5) is 0 Å². The lowest BCUT2D eigenvalue weighted by Crippen LogP contribution is -2.48. The number of carbonyl (C=O) groups is 1. The number of nitrogens with zero attached hydrogens (tertiary/aromatic N) is 5. The Labute approximate surface area is 168 Å². The summed E-state index contributed by atoms with van der Waals surface area (Å²) < 4.78 is 6.91. The van der Waals surface area contributed by atoms with Gasteiger partial charge in [0.15, 0.2) is 0 Å². The number of aryl methyl sites for hydroxylation is 2. The van der Waals surface area contributed by atoms with Gasteiger partial charge in [0.1, 0.15) is 5.76 Å². The number of hydrogen-bond donors (Lipinski definition) is 0. The summed E-state index contributed by atoms with van der Waals surface area (Å²) in [5.74, 6) is 0.870. The maximum atomic E-state index is 12.8. The molecule has 2 aromatic heterocycles. The van der Waals surface area contributed by atoms with Crippen LogP contribution < -0.4 is 0 Å². The molecule has 0 N–H and O–H groups in total. The van der Waals surface area contributed by atoms with Crippen molar-refractivity contribution < 1.29 is 9.32 Å². The molecule has 8 heteroatoms. The van der Waals surface area contributed by atoms with Gasteiger partial charge in [-0.1, -0.05) is 22.8 Å². The van der Waals surface area contributed by atoms with Crippen molar-refractivity contribution in [2.75, 3.05) is 26.2 Å². The van der Waals surface area contributed by atoms with Crippen LogP contribution in [0, 0.1) is 13.8 Å². The number of piperazine rings is 1. The minimum atomic E-state index is 0.00488. The summed E-state index contributed by atoms with van der Waals surface area (Å²) in [7, 11) is 0. The first-order valence-corrected chi connectivity index (χ1v) is 9.63. The average Bonchev–Trinajstić information content (AvgIpc) is 3.31. The Morgan fingerprint density at radius 3 is 2.68 bits per heavy atom. The van der Waals surface area contributed by atoms with Gasteiger partial charge in [-0.2, -0.15) is 5.10 Å². The van der Waals surface area contributed by atoms with E-state index in [2.05, 4.69) is 15.2 Å². The van der Waals surface area contributed by atoms with Crippen LogP contribution in [0.3, 0.4) is 0 Å². The van der Waals surface area contributed by atoms with Gasteiger partial charge in [0.25, 0.3) is 5.91 Å². The monoisotopic (exact) mass is 399 g/mol. The number of carbonyl (C=O) groups excluding carboxylic acids is 1. The molecule has 0 unspecified atom stereocenters. The molecule has 0 radical (unpaired) electrons. The van der Waals surface area contributed by atoms with Crippen molar-refractivity contribution >= 4 is 17.5 Å². The van der Waals surface area contributed by atoms with Gasteiger partial charge in [-0.15, -0.1) is 0 Å². The average molecular weight is 400 g/mol. The fourth-order valence-corrected chi connectivity index (χ4v) is 3.62. The summed E-state index contributed by atoms with van der Waals surface area (Å²) in [4.78, 5) is 17.0. The molecule has 0 aliphatic carbocycles. The van der Waals surface area contributed by atoms with E-state index in [0.29, 0.717) is 23.7 Å². The van der Waals surface area contributed by atoms with Gasteiger partial charge in [0, 0.05) is 49.5 Å². The van der Waals surface area contributed by atoms with Crippen molar-refractivity contribution in [3.05, 3.63) is 64.3 Å². The molecular weight excluding hydrogens is 378 g/mol. The van der Waals surface area contributed by atoms with E-state index in [9.17, 15) is 4.79 Å². The van der Waals surface area contributed by atoms with Crippen molar-refractivity contribution in [3.63, 3.8) is 0 Å². The summed E-state index contributed by atoms with van der Waals surface area (Å²) >= 11 is 6.04. The highest BCUT2D eigenvalue weighted by molar-refractivity contribution is 6.30. The van der Waals surface area contributed by atoms with E-state index in [1.165, 1.54) is 0 Å². The zero-order chi connectivity index (χ0) is 19.7. The molecule has 3 aromatic rings. The highest BCUT2D eigenvalue weighted by atomic mass is 35.5. The lowest BCUT2D eigenvalue weighted by Gasteiger charge is -2.34. The molecule has 0 atom stereocenters. The minimum absolute atomic E-state index is 0.00488. The number of benzene rings is 1. The number of halogens is 1. The second-order valence-corrected chi connectivity index (χ2v) is 7.46. The van der Waals surface area contributed by atoms with Crippen molar-refractivity contribution in [3.8, 4) is 5.69 Å². The lowest BCUT2D eigenvalue weighted by molar-refractivity contribution is 0.0627. The van der Waals surface area contributed by atoms with Crippen molar-refractivity contribution in [1.82, 2.24) is 24.7 Å². The quantitative estimate of drug-likeness (QED) is 0.674. The van der Waals surface area contributed by atoms with Crippen molar-refractivity contribution in [1.29, 1.82) is 0 Å². The number of aromatic nitrogens is 3. The second kappa shape index (κ2) is 7.77. The standard InChI is InChI=1S/C20H22ClN5O2/c1-14-19(15(2)28-23-14)13-24-6-8-25(9-7-24)20(27)16-11-22-26(12-16)18-5-3-4-17(21)10-18/h3-5,10-12H,6-9,13H2,1-2H3. The Hall–Kier alpha value is -2.64. The molecule has 0 spiro atoms. The predicted octanol–water partition coefficient (Wildman–Crippen LogP) is 3.09. The zero-order valence-electron chi connectivity index (χ0n) is 15.9. The topological polar surface area (TPSA) is 67.4 Å². The number of rotatable bonds is 4. The van der Waals surface area contributed by atoms with Crippen LogP contribution in [-0.2, 0) is 6.54 Å². The van der Waals surface area contributed by atoms with Gasteiger partial charge >= 0.3 is 0 Å². The first kappa shape index (κ1) is 18.7. The van der Waals surface area contributed by atoms with Crippen LogP contribution in [0.15, 0.2) is 41.2 Å². The van der Waals surface area contributed by atoms with E-state index < -0.39 is 0 Å². The smallest absolute Gasteiger partial charge is 0.257 e. The molecular formula is C20H22ClN5O2. The van der Waals surface area contributed by atoms with Gasteiger partial charge in [0.2, 0.25) is 0 Å². The molecule has 1 fully saturated rings. The molecule has 1 aliphatic rings. The fourth-order valence-electron chi connectivity index (χ4n) is 3.44. The third kappa shape index (κ3) is 3.81. The molecule has 1 amide bonds. The highest BCUT2D eigenvalue weighted by Gasteiger charge is 2.24. The predicted molar refractivity (Wildman–Crippen MR) is 106 cm³/mol. The van der Waals surface area contributed by atoms with Gasteiger partial charge in [-0.3, -0.25) is 9.69 Å². The lowest BCUT2D eigenvalue weighted by atomic mass is 10.1. The minimum Gasteiger partial charge on any atom is -0.361 e. The van der Waals surface area contributed by atoms with Crippen LogP contribution in [0.2, 0.25) is 5.02 Å². The molecule has 1 saturated heterocycles.